The largest absolute Gasteiger partial charge is 0.416 e. The van der Waals surface area contributed by atoms with Crippen LogP contribution in [0.4, 0.5) is 13.2 Å². The maximum absolute atomic E-state index is 13.1. The van der Waals surface area contributed by atoms with Gasteiger partial charge in [0.05, 0.1) is 5.56 Å². The van der Waals surface area contributed by atoms with Crippen molar-refractivity contribution < 1.29 is 18.0 Å². The lowest BCUT2D eigenvalue weighted by Crippen LogP contribution is -2.52. The molecule has 0 saturated carbocycles. The van der Waals surface area contributed by atoms with Crippen molar-refractivity contribution in [3.05, 3.63) is 35.4 Å². The molecule has 7 heteroatoms. The van der Waals surface area contributed by atoms with Gasteiger partial charge in [-0.15, -0.1) is 12.4 Å². The van der Waals surface area contributed by atoms with E-state index in [-0.39, 0.29) is 36.3 Å². The van der Waals surface area contributed by atoms with Gasteiger partial charge in [-0.25, -0.2) is 0 Å². The van der Waals surface area contributed by atoms with Gasteiger partial charge in [-0.2, -0.15) is 13.2 Å². The minimum atomic E-state index is -4.39. The summed E-state index contributed by atoms with van der Waals surface area (Å²) in [5.74, 6) is -0.550. The minimum Gasteiger partial charge on any atom is -0.337 e. The first-order valence-corrected chi connectivity index (χ1v) is 7.47. The lowest BCUT2D eigenvalue weighted by atomic mass is 9.92. The van der Waals surface area contributed by atoms with Gasteiger partial charge in [-0.05, 0) is 24.5 Å². The molecule has 2 atom stereocenters. The third-order valence-electron chi connectivity index (χ3n) is 4.10. The van der Waals surface area contributed by atoms with E-state index in [4.69, 9.17) is 0 Å². The lowest BCUT2D eigenvalue weighted by Gasteiger charge is -2.34. The molecule has 1 heterocycles. The number of carbonyl (C=O) groups excluding carboxylic acids is 1. The topological polar surface area (TPSA) is 32.3 Å². The summed E-state index contributed by atoms with van der Waals surface area (Å²) < 4.78 is 39.2. The van der Waals surface area contributed by atoms with E-state index < -0.39 is 17.7 Å². The first-order valence-electron chi connectivity index (χ1n) is 7.47. The van der Waals surface area contributed by atoms with Crippen LogP contribution in [0.25, 0.3) is 0 Å². The Morgan fingerprint density at radius 2 is 2.04 bits per heavy atom. The number of halogens is 4. The highest BCUT2D eigenvalue weighted by Crippen LogP contribution is 2.36. The molecule has 1 saturated heterocycles. The molecule has 1 N–H and O–H groups in total. The first-order chi connectivity index (χ1) is 10.3. The summed E-state index contributed by atoms with van der Waals surface area (Å²) in [6, 6.07) is 5.57. The molecule has 0 aliphatic carbocycles. The molecule has 1 amide bonds. The number of hydrogen-bond acceptors (Lipinski definition) is 2. The molecule has 1 unspecified atom stereocenters. The van der Waals surface area contributed by atoms with E-state index in [0.29, 0.717) is 6.54 Å². The lowest BCUT2D eigenvalue weighted by molar-refractivity contribution is -0.139. The van der Waals surface area contributed by atoms with Crippen molar-refractivity contribution in [2.45, 2.75) is 38.4 Å². The quantitative estimate of drug-likeness (QED) is 0.905. The Bertz CT molecular complexity index is 536. The van der Waals surface area contributed by atoms with E-state index in [2.05, 4.69) is 5.32 Å². The molecule has 130 valence electrons. The summed E-state index contributed by atoms with van der Waals surface area (Å²) in [6.07, 6.45) is -4.30. The number of piperazine rings is 1. The van der Waals surface area contributed by atoms with E-state index in [9.17, 15) is 18.0 Å². The number of carbonyl (C=O) groups is 1. The molecule has 0 bridgehead atoms. The van der Waals surface area contributed by atoms with Gasteiger partial charge < -0.3 is 10.2 Å². The smallest absolute Gasteiger partial charge is 0.337 e. The summed E-state index contributed by atoms with van der Waals surface area (Å²) in [7, 11) is 0. The predicted octanol–water partition coefficient (Wildman–Crippen LogP) is 3.44. The molecule has 23 heavy (non-hydrogen) atoms. The average Bonchev–Trinajstić information content (AvgIpc) is 2.46. The van der Waals surface area contributed by atoms with E-state index in [1.807, 2.05) is 6.92 Å². The molecule has 2 rings (SSSR count). The Kier molecular flexibility index (Phi) is 6.89. The molecule has 3 nitrogen and oxygen atoms in total. The van der Waals surface area contributed by atoms with Crippen LogP contribution in [0.2, 0.25) is 0 Å². The van der Waals surface area contributed by atoms with E-state index >= 15 is 0 Å². The van der Waals surface area contributed by atoms with Crippen molar-refractivity contribution in [3.8, 4) is 0 Å². The third kappa shape index (κ3) is 4.85. The van der Waals surface area contributed by atoms with Gasteiger partial charge in [0, 0.05) is 32.1 Å². The third-order valence-corrected chi connectivity index (χ3v) is 4.10. The highest BCUT2D eigenvalue weighted by molar-refractivity contribution is 5.85. The van der Waals surface area contributed by atoms with Crippen LogP contribution >= 0.6 is 12.4 Å². The molecule has 1 aromatic rings. The molecular weight excluding hydrogens is 329 g/mol. The maximum atomic E-state index is 13.1. The van der Waals surface area contributed by atoms with Crippen molar-refractivity contribution >= 4 is 18.3 Å². The second-order valence-electron chi connectivity index (χ2n) is 5.83. The zero-order valence-electron chi connectivity index (χ0n) is 13.2. The Morgan fingerprint density at radius 1 is 1.39 bits per heavy atom. The summed E-state index contributed by atoms with van der Waals surface area (Å²) in [5.41, 5.74) is -0.463. The van der Waals surface area contributed by atoms with E-state index in [1.165, 1.54) is 12.1 Å². The zero-order chi connectivity index (χ0) is 16.3. The molecule has 1 aliphatic heterocycles. The van der Waals surface area contributed by atoms with Crippen LogP contribution in [-0.4, -0.2) is 36.5 Å². The molecule has 1 fully saturated rings. The molecule has 1 aliphatic rings. The van der Waals surface area contributed by atoms with Crippen molar-refractivity contribution in [2.75, 3.05) is 19.6 Å². The Hall–Kier alpha value is -1.27. The second-order valence-corrected chi connectivity index (χ2v) is 5.83. The van der Waals surface area contributed by atoms with Crippen molar-refractivity contribution in [1.29, 1.82) is 0 Å². The number of nitrogens with zero attached hydrogens (tertiary/aromatic N) is 1. The molecular formula is C16H22ClF3N2O. The highest BCUT2D eigenvalue weighted by Gasteiger charge is 2.35. The van der Waals surface area contributed by atoms with Crippen molar-refractivity contribution in [2.24, 2.45) is 0 Å². The first kappa shape index (κ1) is 19.8. The van der Waals surface area contributed by atoms with Crippen LogP contribution in [0.15, 0.2) is 24.3 Å². The number of benzene rings is 1. The number of amides is 1. The van der Waals surface area contributed by atoms with Crippen LogP contribution in [0.3, 0.4) is 0 Å². The summed E-state index contributed by atoms with van der Waals surface area (Å²) in [4.78, 5) is 14.1. The van der Waals surface area contributed by atoms with Gasteiger partial charge in [0.2, 0.25) is 5.91 Å². The van der Waals surface area contributed by atoms with E-state index in [1.54, 1.807) is 17.9 Å². The Labute approximate surface area is 140 Å². The van der Waals surface area contributed by atoms with Gasteiger partial charge in [0.1, 0.15) is 0 Å². The van der Waals surface area contributed by atoms with Crippen molar-refractivity contribution in [1.82, 2.24) is 10.2 Å². The van der Waals surface area contributed by atoms with Crippen LogP contribution < -0.4 is 5.32 Å². The normalized spacial score (nSPS) is 19.9. The number of rotatable bonds is 3. The van der Waals surface area contributed by atoms with Crippen molar-refractivity contribution in [3.63, 3.8) is 0 Å². The standard InChI is InChI=1S/C16H21F3N2O.ClH/c1-11(9-15(22)21-8-7-20-10-12(21)2)13-5-3-4-6-14(13)16(17,18)19;/h3-6,11-12,20H,7-10H2,1-2H3;1H/t11?,12-;/m1./s1. The fourth-order valence-corrected chi connectivity index (χ4v) is 2.89. The van der Waals surface area contributed by atoms with Crippen LogP contribution in [0, 0.1) is 0 Å². The summed E-state index contributed by atoms with van der Waals surface area (Å²) in [5, 5.41) is 3.19. The van der Waals surface area contributed by atoms with Gasteiger partial charge in [-0.1, -0.05) is 25.1 Å². The Balaban J connectivity index is 0.00000264. The fourth-order valence-electron chi connectivity index (χ4n) is 2.89. The van der Waals surface area contributed by atoms with E-state index in [0.717, 1.165) is 19.2 Å². The summed E-state index contributed by atoms with van der Waals surface area (Å²) >= 11 is 0. The molecule has 0 spiro atoms. The SMILES string of the molecule is CC(CC(=O)N1CCNC[C@H]1C)c1ccccc1C(F)(F)F.Cl. The van der Waals surface area contributed by atoms with Gasteiger partial charge in [0.25, 0.3) is 0 Å². The van der Waals surface area contributed by atoms with Crippen LogP contribution in [-0.2, 0) is 11.0 Å². The maximum Gasteiger partial charge on any atom is 0.416 e. The fraction of sp³-hybridized carbons (Fsp3) is 0.562. The monoisotopic (exact) mass is 350 g/mol. The van der Waals surface area contributed by atoms with Gasteiger partial charge in [0.15, 0.2) is 0 Å². The number of hydrogen-bond donors (Lipinski definition) is 1. The highest BCUT2D eigenvalue weighted by atomic mass is 35.5. The minimum absolute atomic E-state index is 0. The number of alkyl halides is 3. The molecule has 0 aromatic heterocycles. The summed E-state index contributed by atoms with van der Waals surface area (Å²) in [6.45, 7) is 5.67. The van der Waals surface area contributed by atoms with Crippen LogP contribution in [0.1, 0.15) is 37.3 Å². The predicted molar refractivity (Wildman–Crippen MR) is 85.8 cm³/mol. The number of nitrogens with one attached hydrogen (secondary N) is 1. The van der Waals surface area contributed by atoms with Gasteiger partial charge >= 0.3 is 6.18 Å². The average molecular weight is 351 g/mol. The second kappa shape index (κ2) is 8.02. The van der Waals surface area contributed by atoms with Gasteiger partial charge in [-0.3, -0.25) is 4.79 Å². The molecule has 1 aromatic carbocycles. The van der Waals surface area contributed by atoms with Crippen LogP contribution in [0.5, 0.6) is 0 Å². The zero-order valence-corrected chi connectivity index (χ0v) is 14.0. The Morgan fingerprint density at radius 3 is 2.65 bits per heavy atom. The molecule has 0 radical (unpaired) electrons.